The van der Waals surface area contributed by atoms with Crippen LogP contribution in [0.25, 0.3) is 0 Å². The first-order valence-electron chi connectivity index (χ1n) is 3.86. The SMILES string of the molecule is CN.CN1CCCNCC1. The summed E-state index contributed by atoms with van der Waals surface area (Å²) < 4.78 is 0. The van der Waals surface area contributed by atoms with E-state index in [1.807, 2.05) is 0 Å². The molecule has 3 nitrogen and oxygen atoms in total. The molecule has 1 rings (SSSR count). The smallest absolute Gasteiger partial charge is 0.0104 e. The van der Waals surface area contributed by atoms with Crippen molar-refractivity contribution in [2.45, 2.75) is 6.42 Å². The highest BCUT2D eigenvalue weighted by Gasteiger charge is 2.00. The van der Waals surface area contributed by atoms with E-state index in [2.05, 4.69) is 23.0 Å². The predicted octanol–water partition coefficient (Wildman–Crippen LogP) is -0.514. The molecule has 0 atom stereocenters. The first-order chi connectivity index (χ1) is 4.89. The lowest BCUT2D eigenvalue weighted by Crippen LogP contribution is -2.23. The molecule has 1 heterocycles. The van der Waals surface area contributed by atoms with Crippen molar-refractivity contribution in [1.82, 2.24) is 10.2 Å². The van der Waals surface area contributed by atoms with Gasteiger partial charge >= 0.3 is 0 Å². The molecular formula is C7H19N3. The van der Waals surface area contributed by atoms with Crippen LogP contribution in [0.1, 0.15) is 6.42 Å². The molecule has 0 saturated carbocycles. The van der Waals surface area contributed by atoms with Crippen molar-refractivity contribution in [3.8, 4) is 0 Å². The maximum atomic E-state index is 4.50. The fourth-order valence-electron chi connectivity index (χ4n) is 0.981. The lowest BCUT2D eigenvalue weighted by Gasteiger charge is -2.09. The summed E-state index contributed by atoms with van der Waals surface area (Å²) in [6, 6.07) is 0. The quantitative estimate of drug-likeness (QED) is 0.482. The first-order valence-corrected chi connectivity index (χ1v) is 3.86. The number of nitrogens with zero attached hydrogens (tertiary/aromatic N) is 1. The van der Waals surface area contributed by atoms with Crippen molar-refractivity contribution in [3.05, 3.63) is 0 Å². The van der Waals surface area contributed by atoms with E-state index in [0.717, 1.165) is 6.54 Å². The Bertz CT molecular complexity index is 57.9. The third kappa shape index (κ3) is 4.73. The maximum Gasteiger partial charge on any atom is 0.0104 e. The fraction of sp³-hybridized carbons (Fsp3) is 1.00. The Balaban J connectivity index is 0.000000371. The van der Waals surface area contributed by atoms with E-state index >= 15 is 0 Å². The zero-order valence-corrected chi connectivity index (χ0v) is 7.06. The van der Waals surface area contributed by atoms with Gasteiger partial charge in [-0.2, -0.15) is 0 Å². The number of nitrogens with one attached hydrogen (secondary N) is 1. The van der Waals surface area contributed by atoms with Crippen molar-refractivity contribution in [3.63, 3.8) is 0 Å². The Kier molecular flexibility index (Phi) is 6.91. The average molecular weight is 145 g/mol. The molecule has 1 aliphatic heterocycles. The number of nitrogens with two attached hydrogens (primary N) is 1. The number of hydrogen-bond acceptors (Lipinski definition) is 3. The van der Waals surface area contributed by atoms with Crippen molar-refractivity contribution < 1.29 is 0 Å². The van der Waals surface area contributed by atoms with Crippen molar-refractivity contribution in [2.24, 2.45) is 5.73 Å². The van der Waals surface area contributed by atoms with Crippen LogP contribution in [-0.4, -0.2) is 45.2 Å². The molecule has 1 fully saturated rings. The van der Waals surface area contributed by atoms with E-state index in [9.17, 15) is 0 Å². The zero-order chi connectivity index (χ0) is 7.82. The van der Waals surface area contributed by atoms with E-state index < -0.39 is 0 Å². The van der Waals surface area contributed by atoms with Gasteiger partial charge in [-0.05, 0) is 33.6 Å². The number of hydrogen-bond donors (Lipinski definition) is 2. The molecule has 1 saturated heterocycles. The van der Waals surface area contributed by atoms with Crippen LogP contribution >= 0.6 is 0 Å². The van der Waals surface area contributed by atoms with E-state index in [1.165, 1.54) is 33.1 Å². The molecule has 10 heavy (non-hydrogen) atoms. The third-order valence-electron chi connectivity index (χ3n) is 1.56. The highest BCUT2D eigenvalue weighted by Crippen LogP contribution is 1.88. The normalized spacial score (nSPS) is 20.7. The molecule has 62 valence electrons. The lowest BCUT2D eigenvalue weighted by atomic mass is 10.4. The molecule has 0 spiro atoms. The minimum Gasteiger partial charge on any atom is -0.333 e. The van der Waals surface area contributed by atoms with Gasteiger partial charge in [0.1, 0.15) is 0 Å². The van der Waals surface area contributed by atoms with Gasteiger partial charge in [0.05, 0.1) is 0 Å². The van der Waals surface area contributed by atoms with E-state index in [-0.39, 0.29) is 0 Å². The molecule has 0 aliphatic carbocycles. The molecule has 1 aliphatic rings. The zero-order valence-electron chi connectivity index (χ0n) is 7.06. The van der Waals surface area contributed by atoms with Gasteiger partial charge in [0.15, 0.2) is 0 Å². The third-order valence-corrected chi connectivity index (χ3v) is 1.56. The van der Waals surface area contributed by atoms with Crippen LogP contribution in [0.15, 0.2) is 0 Å². The van der Waals surface area contributed by atoms with Gasteiger partial charge in [0.25, 0.3) is 0 Å². The van der Waals surface area contributed by atoms with Gasteiger partial charge in [0, 0.05) is 13.1 Å². The molecule has 0 unspecified atom stereocenters. The minimum absolute atomic E-state index is 1.16. The van der Waals surface area contributed by atoms with E-state index in [0.29, 0.717) is 0 Å². The second-order valence-electron chi connectivity index (χ2n) is 2.41. The van der Waals surface area contributed by atoms with Gasteiger partial charge in [-0.15, -0.1) is 0 Å². The standard InChI is InChI=1S/C6H14N2.CH5N/c1-8-5-2-3-7-4-6-8;1-2/h7H,2-6H2,1H3;2H2,1H3. The second-order valence-corrected chi connectivity index (χ2v) is 2.41. The molecular weight excluding hydrogens is 126 g/mol. The summed E-state index contributed by atoms with van der Waals surface area (Å²) in [5.41, 5.74) is 4.50. The maximum absolute atomic E-state index is 4.50. The van der Waals surface area contributed by atoms with Gasteiger partial charge in [-0.1, -0.05) is 0 Å². The average Bonchev–Trinajstić information content (AvgIpc) is 2.21. The van der Waals surface area contributed by atoms with Crippen molar-refractivity contribution >= 4 is 0 Å². The summed E-state index contributed by atoms with van der Waals surface area (Å²) in [5.74, 6) is 0. The van der Waals surface area contributed by atoms with Crippen LogP contribution in [0.5, 0.6) is 0 Å². The van der Waals surface area contributed by atoms with Gasteiger partial charge in [0.2, 0.25) is 0 Å². The Morgan fingerprint density at radius 3 is 2.60 bits per heavy atom. The summed E-state index contributed by atoms with van der Waals surface area (Å²) in [6.07, 6.45) is 1.30. The topological polar surface area (TPSA) is 41.3 Å². The fourth-order valence-corrected chi connectivity index (χ4v) is 0.981. The summed E-state index contributed by atoms with van der Waals surface area (Å²) >= 11 is 0. The summed E-state index contributed by atoms with van der Waals surface area (Å²) in [5, 5.41) is 3.34. The minimum atomic E-state index is 1.16. The molecule has 3 N–H and O–H groups in total. The van der Waals surface area contributed by atoms with Crippen LogP contribution in [0, 0.1) is 0 Å². The molecule has 0 bridgehead atoms. The van der Waals surface area contributed by atoms with E-state index in [4.69, 9.17) is 0 Å². The van der Waals surface area contributed by atoms with Crippen LogP contribution in [-0.2, 0) is 0 Å². The first kappa shape index (κ1) is 9.88. The Labute approximate surface area is 63.6 Å². The molecule has 0 amide bonds. The van der Waals surface area contributed by atoms with Gasteiger partial charge in [-0.3, -0.25) is 0 Å². The Hall–Kier alpha value is -0.120. The summed E-state index contributed by atoms with van der Waals surface area (Å²) in [4.78, 5) is 2.36. The largest absolute Gasteiger partial charge is 0.333 e. The van der Waals surface area contributed by atoms with Crippen molar-refractivity contribution in [1.29, 1.82) is 0 Å². The highest BCUT2D eigenvalue weighted by atomic mass is 15.1. The van der Waals surface area contributed by atoms with Crippen LogP contribution in [0.2, 0.25) is 0 Å². The Morgan fingerprint density at radius 1 is 1.20 bits per heavy atom. The van der Waals surface area contributed by atoms with Gasteiger partial charge in [-0.25, -0.2) is 0 Å². The molecule has 0 aromatic carbocycles. The molecule has 3 heteroatoms. The molecule has 0 aromatic rings. The second kappa shape index (κ2) is 6.99. The van der Waals surface area contributed by atoms with Crippen LogP contribution in [0.3, 0.4) is 0 Å². The molecule has 0 radical (unpaired) electrons. The monoisotopic (exact) mass is 145 g/mol. The molecule has 0 aromatic heterocycles. The van der Waals surface area contributed by atoms with Crippen LogP contribution in [0.4, 0.5) is 0 Å². The van der Waals surface area contributed by atoms with E-state index in [1.54, 1.807) is 0 Å². The highest BCUT2D eigenvalue weighted by molar-refractivity contribution is 4.60. The Morgan fingerprint density at radius 2 is 1.90 bits per heavy atom. The number of likely N-dealkylation sites (N-methyl/N-ethyl adjacent to an activating group) is 1. The summed E-state index contributed by atoms with van der Waals surface area (Å²) in [7, 11) is 3.67. The van der Waals surface area contributed by atoms with Gasteiger partial charge < -0.3 is 16.0 Å². The predicted molar refractivity (Wildman–Crippen MR) is 45.1 cm³/mol. The number of rotatable bonds is 0. The van der Waals surface area contributed by atoms with Crippen molar-refractivity contribution in [2.75, 3.05) is 40.3 Å². The van der Waals surface area contributed by atoms with Crippen LogP contribution < -0.4 is 11.1 Å². The lowest BCUT2D eigenvalue weighted by molar-refractivity contribution is 0.358. The summed E-state index contributed by atoms with van der Waals surface area (Å²) in [6.45, 7) is 4.83.